The van der Waals surface area contributed by atoms with Gasteiger partial charge in [-0.2, -0.15) is 4.98 Å². The Labute approximate surface area is 106 Å². The van der Waals surface area contributed by atoms with Gasteiger partial charge in [0.15, 0.2) is 5.82 Å². The number of benzene rings is 1. The van der Waals surface area contributed by atoms with Gasteiger partial charge in [0.05, 0.1) is 0 Å². The molecular weight excluding hydrogens is 226 g/mol. The fourth-order valence-electron chi connectivity index (χ4n) is 2.01. The first-order valence-electron chi connectivity index (χ1n) is 6.47. The molecule has 1 aliphatic carbocycles. The number of hydrogen-bond acceptors (Lipinski definition) is 4. The Morgan fingerprint density at radius 3 is 2.67 bits per heavy atom. The summed E-state index contributed by atoms with van der Waals surface area (Å²) in [4.78, 5) is 4.43. The molecule has 94 valence electrons. The molecule has 2 aromatic rings. The topological polar surface area (TPSA) is 64.9 Å². The van der Waals surface area contributed by atoms with Gasteiger partial charge in [-0.25, -0.2) is 0 Å². The van der Waals surface area contributed by atoms with Gasteiger partial charge in [0.2, 0.25) is 0 Å². The summed E-state index contributed by atoms with van der Waals surface area (Å²) in [5.74, 6) is 2.23. The van der Waals surface area contributed by atoms with E-state index in [4.69, 9.17) is 10.3 Å². The first kappa shape index (κ1) is 11.4. The maximum absolute atomic E-state index is 5.52. The molecule has 0 radical (unpaired) electrons. The quantitative estimate of drug-likeness (QED) is 0.874. The lowest BCUT2D eigenvalue weighted by Gasteiger charge is -1.98. The highest BCUT2D eigenvalue weighted by Gasteiger charge is 2.24. The summed E-state index contributed by atoms with van der Waals surface area (Å²) >= 11 is 0. The zero-order valence-electron chi connectivity index (χ0n) is 10.3. The lowest BCUT2D eigenvalue weighted by atomic mass is 10.1. The Hall–Kier alpha value is -1.68. The Morgan fingerprint density at radius 2 is 2.00 bits per heavy atom. The molecular formula is C14H17N3O. The zero-order chi connectivity index (χ0) is 12.4. The molecule has 0 bridgehead atoms. The second kappa shape index (κ2) is 4.90. The average molecular weight is 243 g/mol. The summed E-state index contributed by atoms with van der Waals surface area (Å²) in [7, 11) is 0. The predicted octanol–water partition coefficient (Wildman–Crippen LogP) is 2.19. The second-order valence-corrected chi connectivity index (χ2v) is 4.90. The molecule has 1 aliphatic rings. The maximum atomic E-state index is 5.52. The van der Waals surface area contributed by atoms with Gasteiger partial charge in [-0.15, -0.1) is 0 Å². The smallest absolute Gasteiger partial charge is 0.257 e. The highest BCUT2D eigenvalue weighted by molar-refractivity contribution is 5.53. The number of aromatic nitrogens is 2. The summed E-state index contributed by atoms with van der Waals surface area (Å²) in [6.07, 6.45) is 4.46. The molecule has 2 N–H and O–H groups in total. The van der Waals surface area contributed by atoms with E-state index in [0.717, 1.165) is 30.1 Å². The van der Waals surface area contributed by atoms with Crippen LogP contribution in [-0.4, -0.2) is 16.7 Å². The third kappa shape index (κ3) is 2.59. The Bertz CT molecular complexity index is 514. The number of nitrogens with two attached hydrogens (primary N) is 1. The minimum Gasteiger partial charge on any atom is -0.334 e. The molecule has 0 atom stereocenters. The average Bonchev–Trinajstić information content (AvgIpc) is 3.07. The monoisotopic (exact) mass is 243 g/mol. The summed E-state index contributed by atoms with van der Waals surface area (Å²) in [6, 6.07) is 8.15. The van der Waals surface area contributed by atoms with Gasteiger partial charge in [0.1, 0.15) is 0 Å². The third-order valence-corrected chi connectivity index (χ3v) is 3.27. The zero-order valence-corrected chi connectivity index (χ0v) is 10.3. The van der Waals surface area contributed by atoms with Crippen LogP contribution in [0.4, 0.5) is 0 Å². The normalized spacial score (nSPS) is 14.9. The standard InChI is InChI=1S/C14H17N3O/c15-8-7-10-3-5-12(6-4-10)14-16-13(17-18-14)9-11-1-2-11/h3-6,11H,1-2,7-9,15H2. The van der Waals surface area contributed by atoms with Crippen LogP contribution in [0, 0.1) is 5.92 Å². The van der Waals surface area contributed by atoms with E-state index in [1.807, 2.05) is 12.1 Å². The van der Waals surface area contributed by atoms with Gasteiger partial charge in [-0.3, -0.25) is 0 Å². The van der Waals surface area contributed by atoms with Crippen molar-refractivity contribution in [3.63, 3.8) is 0 Å². The summed E-state index contributed by atoms with van der Waals surface area (Å²) in [6.45, 7) is 0.672. The van der Waals surface area contributed by atoms with E-state index < -0.39 is 0 Å². The molecule has 1 saturated carbocycles. The van der Waals surface area contributed by atoms with Crippen molar-refractivity contribution in [1.29, 1.82) is 0 Å². The SMILES string of the molecule is NCCc1ccc(-c2nc(CC3CC3)no2)cc1. The largest absolute Gasteiger partial charge is 0.334 e. The van der Waals surface area contributed by atoms with Gasteiger partial charge in [0, 0.05) is 12.0 Å². The summed E-state index contributed by atoms with van der Waals surface area (Å²) in [5.41, 5.74) is 7.74. The van der Waals surface area contributed by atoms with Crippen LogP contribution in [-0.2, 0) is 12.8 Å². The third-order valence-electron chi connectivity index (χ3n) is 3.27. The van der Waals surface area contributed by atoms with E-state index in [2.05, 4.69) is 22.3 Å². The van der Waals surface area contributed by atoms with E-state index in [0.29, 0.717) is 12.4 Å². The van der Waals surface area contributed by atoms with Crippen molar-refractivity contribution in [2.24, 2.45) is 11.7 Å². The van der Waals surface area contributed by atoms with Gasteiger partial charge in [0.25, 0.3) is 5.89 Å². The fourth-order valence-corrected chi connectivity index (χ4v) is 2.01. The van der Waals surface area contributed by atoms with Crippen molar-refractivity contribution in [1.82, 2.24) is 10.1 Å². The molecule has 1 fully saturated rings. The summed E-state index contributed by atoms with van der Waals surface area (Å²) < 4.78 is 5.29. The maximum Gasteiger partial charge on any atom is 0.257 e. The highest BCUT2D eigenvalue weighted by atomic mass is 16.5. The molecule has 3 rings (SSSR count). The molecule has 0 unspecified atom stereocenters. The van der Waals surface area contributed by atoms with Crippen LogP contribution in [0.1, 0.15) is 24.2 Å². The van der Waals surface area contributed by atoms with Crippen molar-refractivity contribution in [2.75, 3.05) is 6.54 Å². The van der Waals surface area contributed by atoms with E-state index in [1.54, 1.807) is 0 Å². The van der Waals surface area contributed by atoms with Crippen LogP contribution in [0.5, 0.6) is 0 Å². The first-order valence-corrected chi connectivity index (χ1v) is 6.47. The van der Waals surface area contributed by atoms with Crippen molar-refractivity contribution >= 4 is 0 Å². The van der Waals surface area contributed by atoms with Crippen LogP contribution in [0.15, 0.2) is 28.8 Å². The molecule has 0 aliphatic heterocycles. The fraction of sp³-hybridized carbons (Fsp3) is 0.429. The molecule has 18 heavy (non-hydrogen) atoms. The predicted molar refractivity (Wildman–Crippen MR) is 68.9 cm³/mol. The minimum absolute atomic E-state index is 0.616. The number of nitrogens with zero attached hydrogens (tertiary/aromatic N) is 2. The lowest BCUT2D eigenvalue weighted by Crippen LogP contribution is -2.02. The van der Waals surface area contributed by atoms with Crippen LogP contribution >= 0.6 is 0 Å². The van der Waals surface area contributed by atoms with E-state index in [-0.39, 0.29) is 0 Å². The Kier molecular flexibility index (Phi) is 3.11. The van der Waals surface area contributed by atoms with E-state index in [9.17, 15) is 0 Å². The molecule has 4 nitrogen and oxygen atoms in total. The van der Waals surface area contributed by atoms with Gasteiger partial charge in [-0.1, -0.05) is 17.3 Å². The first-order chi connectivity index (χ1) is 8.85. The molecule has 1 heterocycles. The van der Waals surface area contributed by atoms with Crippen molar-refractivity contribution in [3.05, 3.63) is 35.7 Å². The summed E-state index contributed by atoms with van der Waals surface area (Å²) in [5, 5.41) is 4.03. The molecule has 0 spiro atoms. The molecule has 0 amide bonds. The minimum atomic E-state index is 0.616. The molecule has 0 saturated heterocycles. The van der Waals surface area contributed by atoms with Crippen LogP contribution in [0.2, 0.25) is 0 Å². The Balaban J connectivity index is 1.74. The lowest BCUT2D eigenvalue weighted by molar-refractivity contribution is 0.421. The van der Waals surface area contributed by atoms with Crippen molar-refractivity contribution in [2.45, 2.75) is 25.7 Å². The Morgan fingerprint density at radius 1 is 1.22 bits per heavy atom. The van der Waals surface area contributed by atoms with Gasteiger partial charge in [-0.05, 0) is 49.4 Å². The number of rotatable bonds is 5. The number of hydrogen-bond donors (Lipinski definition) is 1. The van der Waals surface area contributed by atoms with Gasteiger partial charge >= 0.3 is 0 Å². The molecule has 4 heteroatoms. The van der Waals surface area contributed by atoms with Gasteiger partial charge < -0.3 is 10.3 Å². The molecule has 1 aromatic heterocycles. The van der Waals surface area contributed by atoms with E-state index in [1.165, 1.54) is 18.4 Å². The van der Waals surface area contributed by atoms with Crippen LogP contribution in [0.25, 0.3) is 11.5 Å². The van der Waals surface area contributed by atoms with E-state index >= 15 is 0 Å². The molecule has 1 aromatic carbocycles. The highest BCUT2D eigenvalue weighted by Crippen LogP contribution is 2.32. The van der Waals surface area contributed by atoms with Crippen LogP contribution in [0.3, 0.4) is 0 Å². The van der Waals surface area contributed by atoms with Crippen molar-refractivity contribution < 1.29 is 4.52 Å². The van der Waals surface area contributed by atoms with Crippen molar-refractivity contribution in [3.8, 4) is 11.5 Å². The van der Waals surface area contributed by atoms with Crippen LogP contribution < -0.4 is 5.73 Å². The second-order valence-electron chi connectivity index (χ2n) is 4.90.